The van der Waals surface area contributed by atoms with Crippen molar-refractivity contribution in [3.63, 3.8) is 0 Å². The van der Waals surface area contributed by atoms with E-state index in [2.05, 4.69) is 0 Å². The van der Waals surface area contributed by atoms with E-state index in [1.165, 1.54) is 4.90 Å². The highest BCUT2D eigenvalue weighted by atomic mass is 19.4. The first-order valence-corrected chi connectivity index (χ1v) is 8.48. The predicted octanol–water partition coefficient (Wildman–Crippen LogP) is 2.12. The Morgan fingerprint density at radius 3 is 2.19 bits per heavy atom. The molecule has 0 aliphatic carbocycles. The van der Waals surface area contributed by atoms with Gasteiger partial charge in [0, 0.05) is 32.7 Å². The fraction of sp³-hybridized carbons (Fsp3) is 0.556. The van der Waals surface area contributed by atoms with Crippen LogP contribution < -0.4 is 5.11 Å². The number of halogens is 3. The van der Waals surface area contributed by atoms with E-state index in [4.69, 9.17) is 4.74 Å². The van der Waals surface area contributed by atoms with E-state index >= 15 is 0 Å². The predicted molar refractivity (Wildman–Crippen MR) is 88.9 cm³/mol. The smallest absolute Gasteiger partial charge is 0.416 e. The van der Waals surface area contributed by atoms with Gasteiger partial charge in [-0.05, 0) is 38.0 Å². The minimum Gasteiger partial charge on any atom is -0.545 e. The largest absolute Gasteiger partial charge is 0.545 e. The van der Waals surface area contributed by atoms with Gasteiger partial charge in [-0.3, -0.25) is 4.90 Å². The SMILES string of the molecule is CC(C)(C)OC(=O)N1CCN(Cc2ccc(C(=O)[O-])cc2C(F)(F)F)CC1. The van der Waals surface area contributed by atoms with Crippen molar-refractivity contribution in [1.29, 1.82) is 0 Å². The summed E-state index contributed by atoms with van der Waals surface area (Å²) in [6.45, 7) is 6.74. The number of aromatic carboxylic acids is 1. The first-order chi connectivity index (χ1) is 12.4. The number of nitrogens with zero attached hydrogens (tertiary/aromatic N) is 2. The number of carbonyl (C=O) groups excluding carboxylic acids is 2. The topological polar surface area (TPSA) is 72.9 Å². The average molecular weight is 387 g/mol. The van der Waals surface area contributed by atoms with E-state index in [0.717, 1.165) is 12.1 Å². The third-order valence-electron chi connectivity index (χ3n) is 4.07. The maximum Gasteiger partial charge on any atom is 0.416 e. The molecule has 2 rings (SSSR count). The van der Waals surface area contributed by atoms with E-state index in [1.807, 2.05) is 0 Å². The van der Waals surface area contributed by atoms with E-state index in [1.54, 1.807) is 25.7 Å². The fourth-order valence-corrected chi connectivity index (χ4v) is 2.76. The summed E-state index contributed by atoms with van der Waals surface area (Å²) in [6.07, 6.45) is -5.12. The molecule has 150 valence electrons. The van der Waals surface area contributed by atoms with Crippen LogP contribution in [0.4, 0.5) is 18.0 Å². The number of carboxylic acid groups (broad SMARTS) is 1. The van der Waals surface area contributed by atoms with Crippen LogP contribution in [0.1, 0.15) is 42.3 Å². The number of amides is 1. The number of carboxylic acids is 1. The van der Waals surface area contributed by atoms with E-state index < -0.39 is 35.0 Å². The molecule has 9 heteroatoms. The van der Waals surface area contributed by atoms with Gasteiger partial charge in [-0.15, -0.1) is 0 Å². The summed E-state index contributed by atoms with van der Waals surface area (Å²) in [4.78, 5) is 26.2. The fourth-order valence-electron chi connectivity index (χ4n) is 2.76. The van der Waals surface area contributed by atoms with Crippen LogP contribution in [-0.4, -0.2) is 53.6 Å². The summed E-state index contributed by atoms with van der Waals surface area (Å²) in [5.41, 5.74) is -2.13. The second-order valence-electron chi connectivity index (χ2n) is 7.40. The van der Waals surface area contributed by atoms with Gasteiger partial charge in [0.05, 0.1) is 11.5 Å². The zero-order valence-electron chi connectivity index (χ0n) is 15.4. The molecule has 0 radical (unpaired) electrons. The Bertz CT molecular complexity index is 706. The molecule has 1 aromatic carbocycles. The van der Waals surface area contributed by atoms with Crippen molar-refractivity contribution in [2.24, 2.45) is 0 Å². The molecule has 1 fully saturated rings. The highest BCUT2D eigenvalue weighted by Gasteiger charge is 2.34. The number of alkyl halides is 3. The highest BCUT2D eigenvalue weighted by Crippen LogP contribution is 2.33. The lowest BCUT2D eigenvalue weighted by atomic mass is 10.0. The second-order valence-corrected chi connectivity index (χ2v) is 7.40. The molecule has 6 nitrogen and oxygen atoms in total. The minimum absolute atomic E-state index is 0.00430. The van der Waals surface area contributed by atoms with Gasteiger partial charge in [0.25, 0.3) is 0 Å². The highest BCUT2D eigenvalue weighted by molar-refractivity contribution is 5.86. The van der Waals surface area contributed by atoms with Crippen molar-refractivity contribution in [3.05, 3.63) is 34.9 Å². The lowest BCUT2D eigenvalue weighted by Gasteiger charge is -2.36. The molecule has 0 bridgehead atoms. The van der Waals surface area contributed by atoms with Crippen molar-refractivity contribution >= 4 is 12.1 Å². The third kappa shape index (κ3) is 5.85. The van der Waals surface area contributed by atoms with Gasteiger partial charge in [-0.25, -0.2) is 4.79 Å². The van der Waals surface area contributed by atoms with Crippen LogP contribution in [0.25, 0.3) is 0 Å². The molecule has 1 aromatic rings. The van der Waals surface area contributed by atoms with Crippen molar-refractivity contribution in [2.45, 2.75) is 39.1 Å². The molecule has 0 saturated carbocycles. The zero-order valence-corrected chi connectivity index (χ0v) is 15.4. The molecule has 1 saturated heterocycles. The zero-order chi connectivity index (χ0) is 20.4. The number of carbonyl (C=O) groups is 2. The van der Waals surface area contributed by atoms with Gasteiger partial charge < -0.3 is 19.5 Å². The Labute approximate surface area is 155 Å². The monoisotopic (exact) mass is 387 g/mol. The Morgan fingerprint density at radius 1 is 1.11 bits per heavy atom. The molecule has 1 aliphatic rings. The van der Waals surface area contributed by atoms with Crippen LogP contribution in [0.5, 0.6) is 0 Å². The minimum atomic E-state index is -4.67. The number of rotatable bonds is 3. The Kier molecular flexibility index (Phi) is 6.04. The molecule has 0 spiro atoms. The summed E-state index contributed by atoms with van der Waals surface area (Å²) >= 11 is 0. The number of hydrogen-bond acceptors (Lipinski definition) is 5. The van der Waals surface area contributed by atoms with Gasteiger partial charge in [-0.1, -0.05) is 12.1 Å². The summed E-state index contributed by atoms with van der Waals surface area (Å²) < 4.78 is 45.1. The number of hydrogen-bond donors (Lipinski definition) is 0. The molecule has 27 heavy (non-hydrogen) atoms. The number of piperazine rings is 1. The number of benzene rings is 1. The van der Waals surface area contributed by atoms with Gasteiger partial charge >= 0.3 is 12.3 Å². The standard InChI is InChI=1S/C18H23F3N2O4/c1-17(2,3)27-16(26)23-8-6-22(7-9-23)11-13-5-4-12(15(24)25)10-14(13)18(19,20)21/h4-5,10H,6-9,11H2,1-3H3,(H,24,25)/p-1. The Balaban J connectivity index is 2.05. The Hall–Kier alpha value is -2.29. The van der Waals surface area contributed by atoms with Crippen LogP contribution in [0, 0.1) is 0 Å². The first-order valence-electron chi connectivity index (χ1n) is 8.48. The van der Waals surface area contributed by atoms with Gasteiger partial charge in [0.1, 0.15) is 5.60 Å². The summed E-state index contributed by atoms with van der Waals surface area (Å²) in [5, 5.41) is 10.8. The Morgan fingerprint density at radius 2 is 1.70 bits per heavy atom. The summed E-state index contributed by atoms with van der Waals surface area (Å²) in [6, 6.07) is 2.87. The van der Waals surface area contributed by atoms with Crippen molar-refractivity contribution in [3.8, 4) is 0 Å². The molecule has 0 aromatic heterocycles. The average Bonchev–Trinajstić information content (AvgIpc) is 2.53. The van der Waals surface area contributed by atoms with Gasteiger partial charge in [0.15, 0.2) is 0 Å². The summed E-state index contributed by atoms with van der Waals surface area (Å²) in [7, 11) is 0. The molecule has 0 atom stereocenters. The van der Waals surface area contributed by atoms with Crippen LogP contribution in [-0.2, 0) is 17.5 Å². The quantitative estimate of drug-likeness (QED) is 0.795. The molecule has 0 N–H and O–H groups in total. The van der Waals surface area contributed by atoms with Crippen molar-refractivity contribution in [1.82, 2.24) is 9.80 Å². The van der Waals surface area contributed by atoms with E-state index in [-0.39, 0.29) is 12.1 Å². The molecule has 1 aliphatic heterocycles. The van der Waals surface area contributed by atoms with Crippen LogP contribution in [0.2, 0.25) is 0 Å². The maximum absolute atomic E-state index is 13.3. The normalized spacial score (nSPS) is 16.3. The summed E-state index contributed by atoms with van der Waals surface area (Å²) in [5.74, 6) is -1.65. The molecule has 0 unspecified atom stereocenters. The lowest BCUT2D eigenvalue weighted by Crippen LogP contribution is -2.49. The number of ether oxygens (including phenoxy) is 1. The molecular weight excluding hydrogens is 365 g/mol. The first kappa shape index (κ1) is 21.0. The maximum atomic E-state index is 13.3. The van der Waals surface area contributed by atoms with Crippen LogP contribution in [0.15, 0.2) is 18.2 Å². The third-order valence-corrected chi connectivity index (χ3v) is 4.07. The molecular formula is C18H22F3N2O4-. The van der Waals surface area contributed by atoms with Crippen molar-refractivity contribution < 1.29 is 32.6 Å². The van der Waals surface area contributed by atoms with Gasteiger partial charge in [-0.2, -0.15) is 13.2 Å². The van der Waals surface area contributed by atoms with Crippen LogP contribution >= 0.6 is 0 Å². The lowest BCUT2D eigenvalue weighted by molar-refractivity contribution is -0.255. The molecule has 1 heterocycles. The second kappa shape index (κ2) is 7.75. The molecule has 1 amide bonds. The van der Waals surface area contributed by atoms with E-state index in [0.29, 0.717) is 32.2 Å². The van der Waals surface area contributed by atoms with E-state index in [9.17, 15) is 27.9 Å². The van der Waals surface area contributed by atoms with Gasteiger partial charge in [0.2, 0.25) is 0 Å². The van der Waals surface area contributed by atoms with Crippen molar-refractivity contribution in [2.75, 3.05) is 26.2 Å². The van der Waals surface area contributed by atoms with Crippen LogP contribution in [0.3, 0.4) is 0 Å².